The first-order valence-corrected chi connectivity index (χ1v) is 5.38. The Hall–Kier alpha value is -1.63. The van der Waals surface area contributed by atoms with Crippen molar-refractivity contribution in [2.45, 2.75) is 18.6 Å². The second-order valence-electron chi connectivity index (χ2n) is 3.80. The highest BCUT2D eigenvalue weighted by Gasteiger charge is 2.22. The van der Waals surface area contributed by atoms with E-state index >= 15 is 0 Å². The summed E-state index contributed by atoms with van der Waals surface area (Å²) in [6.07, 6.45) is -2.11. The number of phenols is 1. The Morgan fingerprint density at radius 3 is 2.56 bits per heavy atom. The van der Waals surface area contributed by atoms with Crippen molar-refractivity contribution >= 4 is 6.29 Å². The van der Waals surface area contributed by atoms with Gasteiger partial charge in [0.2, 0.25) is 0 Å². The summed E-state index contributed by atoms with van der Waals surface area (Å²) >= 11 is 0. The molecular weight excluding hydrogens is 240 g/mol. The van der Waals surface area contributed by atoms with Gasteiger partial charge in [0, 0.05) is 12.2 Å². The van der Waals surface area contributed by atoms with Crippen molar-refractivity contribution in [1.82, 2.24) is 0 Å². The number of rotatable bonds is 6. The smallest absolute Gasteiger partial charge is 0.160 e. The second-order valence-corrected chi connectivity index (χ2v) is 3.80. The van der Waals surface area contributed by atoms with Gasteiger partial charge in [0.25, 0.3) is 0 Å². The number of ether oxygens (including phenoxy) is 1. The van der Waals surface area contributed by atoms with Gasteiger partial charge < -0.3 is 25.2 Å². The fourth-order valence-corrected chi connectivity index (χ4v) is 1.62. The Kier molecular flexibility index (Phi) is 5.08. The molecule has 0 aliphatic carbocycles. The van der Waals surface area contributed by atoms with Crippen molar-refractivity contribution < 1.29 is 30.0 Å². The van der Waals surface area contributed by atoms with E-state index in [0.717, 1.165) is 6.07 Å². The standard InChI is InChI=1S/C12H16O6/c1-18-11-5-8(7(6-14)4-10(11)16)12(17)9(15)2-3-13/h4-6,9,12-13,15-17H,2-3H2,1H3. The van der Waals surface area contributed by atoms with Crippen LogP contribution < -0.4 is 4.74 Å². The number of aldehydes is 1. The molecule has 0 saturated carbocycles. The molecule has 1 rings (SSSR count). The molecule has 2 atom stereocenters. The van der Waals surface area contributed by atoms with Crippen LogP contribution in [0.1, 0.15) is 28.4 Å². The Labute approximate surface area is 104 Å². The van der Waals surface area contributed by atoms with Gasteiger partial charge in [-0.25, -0.2) is 0 Å². The van der Waals surface area contributed by atoms with E-state index < -0.39 is 12.2 Å². The van der Waals surface area contributed by atoms with Crippen LogP contribution in [0.3, 0.4) is 0 Å². The summed E-state index contributed by atoms with van der Waals surface area (Å²) in [5.41, 5.74) is 0.193. The number of phenolic OH excluding ortho intramolecular Hbond substituents is 1. The van der Waals surface area contributed by atoms with Crippen molar-refractivity contribution in [2.24, 2.45) is 0 Å². The number of carbonyl (C=O) groups is 1. The van der Waals surface area contributed by atoms with Gasteiger partial charge in [-0.3, -0.25) is 4.79 Å². The lowest BCUT2D eigenvalue weighted by atomic mass is 9.97. The topological polar surface area (TPSA) is 107 Å². The number of benzene rings is 1. The number of aromatic hydroxyl groups is 1. The third-order valence-corrected chi connectivity index (χ3v) is 2.62. The largest absolute Gasteiger partial charge is 0.504 e. The number of methoxy groups -OCH3 is 1. The average molecular weight is 256 g/mol. The first kappa shape index (κ1) is 14.4. The molecule has 0 bridgehead atoms. The predicted octanol–water partition coefficient (Wildman–Crippen LogP) is -0.0100. The normalized spacial score (nSPS) is 14.0. The third kappa shape index (κ3) is 2.98. The van der Waals surface area contributed by atoms with E-state index in [1.165, 1.54) is 13.2 Å². The van der Waals surface area contributed by atoms with Crippen LogP contribution in [-0.2, 0) is 0 Å². The van der Waals surface area contributed by atoms with E-state index in [1.54, 1.807) is 0 Å². The van der Waals surface area contributed by atoms with Gasteiger partial charge in [-0.1, -0.05) is 0 Å². The van der Waals surface area contributed by atoms with Crippen molar-refractivity contribution in [3.05, 3.63) is 23.3 Å². The van der Waals surface area contributed by atoms with Crippen molar-refractivity contribution in [3.63, 3.8) is 0 Å². The molecule has 100 valence electrons. The van der Waals surface area contributed by atoms with Gasteiger partial charge in [-0.05, 0) is 24.1 Å². The number of aliphatic hydroxyl groups is 3. The van der Waals surface area contributed by atoms with E-state index in [1.807, 2.05) is 0 Å². The molecule has 0 aromatic heterocycles. The van der Waals surface area contributed by atoms with Crippen LogP contribution in [0.4, 0.5) is 0 Å². The summed E-state index contributed by atoms with van der Waals surface area (Å²) in [4.78, 5) is 10.9. The molecule has 0 saturated heterocycles. The maximum Gasteiger partial charge on any atom is 0.160 e. The fraction of sp³-hybridized carbons (Fsp3) is 0.417. The molecule has 4 N–H and O–H groups in total. The quantitative estimate of drug-likeness (QED) is 0.533. The lowest BCUT2D eigenvalue weighted by Gasteiger charge is -2.19. The summed E-state index contributed by atoms with van der Waals surface area (Å²) in [5.74, 6) is -0.141. The summed E-state index contributed by atoms with van der Waals surface area (Å²) in [6, 6.07) is 2.43. The highest BCUT2D eigenvalue weighted by molar-refractivity contribution is 5.79. The Balaban J connectivity index is 3.16. The summed E-state index contributed by atoms with van der Waals surface area (Å²) < 4.78 is 4.87. The third-order valence-electron chi connectivity index (χ3n) is 2.62. The molecule has 6 nitrogen and oxygen atoms in total. The molecule has 18 heavy (non-hydrogen) atoms. The molecule has 0 radical (unpaired) electrons. The van der Waals surface area contributed by atoms with Crippen molar-refractivity contribution in [1.29, 1.82) is 0 Å². The zero-order chi connectivity index (χ0) is 13.7. The molecule has 0 fully saturated rings. The van der Waals surface area contributed by atoms with Gasteiger partial charge >= 0.3 is 0 Å². The molecule has 2 unspecified atom stereocenters. The first-order valence-electron chi connectivity index (χ1n) is 5.38. The summed E-state index contributed by atoms with van der Waals surface area (Å²) in [5, 5.41) is 37.7. The zero-order valence-electron chi connectivity index (χ0n) is 9.91. The molecule has 6 heteroatoms. The number of carbonyl (C=O) groups excluding carboxylic acids is 1. The van der Waals surface area contributed by atoms with Crippen LogP contribution in [0.25, 0.3) is 0 Å². The van der Waals surface area contributed by atoms with E-state index in [4.69, 9.17) is 9.84 Å². The van der Waals surface area contributed by atoms with E-state index in [-0.39, 0.29) is 35.7 Å². The van der Waals surface area contributed by atoms with Crippen LogP contribution in [0, 0.1) is 0 Å². The second kappa shape index (κ2) is 6.34. The van der Waals surface area contributed by atoms with Crippen molar-refractivity contribution in [3.8, 4) is 11.5 Å². The lowest BCUT2D eigenvalue weighted by Crippen LogP contribution is -2.20. The lowest BCUT2D eigenvalue weighted by molar-refractivity contribution is 0.00383. The van der Waals surface area contributed by atoms with Gasteiger partial charge in [0.1, 0.15) is 6.10 Å². The van der Waals surface area contributed by atoms with Crippen LogP contribution in [0.15, 0.2) is 12.1 Å². The van der Waals surface area contributed by atoms with E-state index in [9.17, 15) is 20.1 Å². The van der Waals surface area contributed by atoms with Crippen molar-refractivity contribution in [2.75, 3.05) is 13.7 Å². The Morgan fingerprint density at radius 2 is 2.06 bits per heavy atom. The van der Waals surface area contributed by atoms with Crippen LogP contribution in [-0.4, -0.2) is 46.5 Å². The van der Waals surface area contributed by atoms with Crippen LogP contribution in [0.5, 0.6) is 11.5 Å². The molecule has 0 spiro atoms. The van der Waals surface area contributed by atoms with Gasteiger partial charge in [-0.15, -0.1) is 0 Å². The Morgan fingerprint density at radius 1 is 1.39 bits per heavy atom. The number of hydrogen-bond donors (Lipinski definition) is 4. The zero-order valence-corrected chi connectivity index (χ0v) is 9.91. The minimum atomic E-state index is -1.34. The summed E-state index contributed by atoms with van der Waals surface area (Å²) in [7, 11) is 1.33. The Bertz CT molecular complexity index is 417. The van der Waals surface area contributed by atoms with Gasteiger partial charge in [-0.2, -0.15) is 0 Å². The predicted molar refractivity (Wildman–Crippen MR) is 62.7 cm³/mol. The minimum absolute atomic E-state index is 0.0251. The molecule has 1 aromatic carbocycles. The SMILES string of the molecule is COc1cc(C(O)C(O)CCO)c(C=O)cc1O. The van der Waals surface area contributed by atoms with Crippen LogP contribution >= 0.6 is 0 Å². The molecule has 0 aliphatic rings. The fourth-order valence-electron chi connectivity index (χ4n) is 1.62. The molecule has 0 heterocycles. The molecular formula is C12H16O6. The van der Waals surface area contributed by atoms with Gasteiger partial charge in [0.05, 0.1) is 13.2 Å². The summed E-state index contributed by atoms with van der Waals surface area (Å²) in [6.45, 7) is -0.288. The van der Waals surface area contributed by atoms with E-state index in [0.29, 0.717) is 6.29 Å². The first-order chi connectivity index (χ1) is 8.54. The van der Waals surface area contributed by atoms with Crippen LogP contribution in [0.2, 0.25) is 0 Å². The minimum Gasteiger partial charge on any atom is -0.504 e. The monoisotopic (exact) mass is 256 g/mol. The number of hydrogen-bond acceptors (Lipinski definition) is 6. The average Bonchev–Trinajstić information content (AvgIpc) is 2.37. The number of aliphatic hydroxyl groups excluding tert-OH is 3. The van der Waals surface area contributed by atoms with Gasteiger partial charge in [0.15, 0.2) is 17.8 Å². The molecule has 1 aromatic rings. The van der Waals surface area contributed by atoms with E-state index in [2.05, 4.69) is 0 Å². The maximum atomic E-state index is 10.9. The highest BCUT2D eigenvalue weighted by atomic mass is 16.5. The highest BCUT2D eigenvalue weighted by Crippen LogP contribution is 2.33. The molecule has 0 amide bonds. The maximum absolute atomic E-state index is 10.9. The molecule has 0 aliphatic heterocycles.